The van der Waals surface area contributed by atoms with Crippen molar-refractivity contribution in [2.45, 2.75) is 52.4 Å². The molecule has 0 radical (unpaired) electrons. The van der Waals surface area contributed by atoms with Gasteiger partial charge in [0.25, 0.3) is 0 Å². The van der Waals surface area contributed by atoms with Gasteiger partial charge in [-0.05, 0) is 19.8 Å². The fourth-order valence-corrected chi connectivity index (χ4v) is 2.96. The van der Waals surface area contributed by atoms with Crippen molar-refractivity contribution >= 4 is 11.8 Å². The lowest BCUT2D eigenvalue weighted by Crippen LogP contribution is -2.57. The number of carbonyl (C=O) groups is 2. The summed E-state index contributed by atoms with van der Waals surface area (Å²) < 4.78 is 5.74. The Kier molecular flexibility index (Phi) is 7.29. The number of hydrogen-bond acceptors (Lipinski definition) is 4. The third-order valence-electron chi connectivity index (χ3n) is 3.88. The Balaban J connectivity index is 2.58. The van der Waals surface area contributed by atoms with Crippen LogP contribution in [0.25, 0.3) is 0 Å². The van der Waals surface area contributed by atoms with E-state index in [-0.39, 0.29) is 36.0 Å². The second-order valence-corrected chi connectivity index (χ2v) is 6.73. The van der Waals surface area contributed by atoms with Crippen LogP contribution in [0.4, 0.5) is 0 Å². The van der Waals surface area contributed by atoms with Crippen LogP contribution in [0.3, 0.4) is 0 Å². The number of rotatable bonds is 6. The van der Waals surface area contributed by atoms with Gasteiger partial charge in [-0.25, -0.2) is 0 Å². The van der Waals surface area contributed by atoms with Crippen molar-refractivity contribution < 1.29 is 14.3 Å². The molecule has 1 fully saturated rings. The van der Waals surface area contributed by atoms with E-state index in [0.717, 1.165) is 13.1 Å². The molecule has 1 rings (SSSR count). The van der Waals surface area contributed by atoms with Gasteiger partial charge in [0.05, 0.1) is 18.2 Å². The Morgan fingerprint density at radius 1 is 1.23 bits per heavy atom. The summed E-state index contributed by atoms with van der Waals surface area (Å²) >= 11 is 0. The largest absolute Gasteiger partial charge is 0.373 e. The van der Waals surface area contributed by atoms with Crippen molar-refractivity contribution in [1.82, 2.24) is 15.1 Å². The van der Waals surface area contributed by atoms with Gasteiger partial charge in [-0.1, -0.05) is 13.8 Å². The summed E-state index contributed by atoms with van der Waals surface area (Å²) in [5.74, 6) is 0.236. The topological polar surface area (TPSA) is 61.9 Å². The van der Waals surface area contributed by atoms with Gasteiger partial charge in [-0.2, -0.15) is 0 Å². The normalized spacial score (nSPS) is 24.1. The van der Waals surface area contributed by atoms with E-state index in [9.17, 15) is 9.59 Å². The standard InChI is InChI=1S/C16H31N3O3/c1-11(2)15(19-9-12(3)22-13(4)10-19)16(21)17-8-7-14(20)18(5)6/h11-13,15H,7-10H2,1-6H3,(H,17,21). The van der Waals surface area contributed by atoms with Crippen molar-refractivity contribution in [3.63, 3.8) is 0 Å². The van der Waals surface area contributed by atoms with E-state index in [1.54, 1.807) is 14.1 Å². The third-order valence-corrected chi connectivity index (χ3v) is 3.88. The molecular formula is C16H31N3O3. The maximum Gasteiger partial charge on any atom is 0.237 e. The molecule has 0 spiro atoms. The Morgan fingerprint density at radius 3 is 2.23 bits per heavy atom. The predicted molar refractivity (Wildman–Crippen MR) is 86.5 cm³/mol. The van der Waals surface area contributed by atoms with Crippen LogP contribution in [-0.4, -0.2) is 73.6 Å². The Hall–Kier alpha value is -1.14. The van der Waals surface area contributed by atoms with Crippen LogP contribution in [0.15, 0.2) is 0 Å². The molecule has 1 saturated heterocycles. The zero-order valence-electron chi connectivity index (χ0n) is 14.8. The van der Waals surface area contributed by atoms with Gasteiger partial charge in [0.1, 0.15) is 0 Å². The minimum Gasteiger partial charge on any atom is -0.373 e. The van der Waals surface area contributed by atoms with Crippen LogP contribution in [0.5, 0.6) is 0 Å². The summed E-state index contributed by atoms with van der Waals surface area (Å²) in [6, 6.07) is -0.178. The van der Waals surface area contributed by atoms with Gasteiger partial charge in [0.15, 0.2) is 0 Å². The number of morpholine rings is 1. The molecule has 0 aromatic rings. The summed E-state index contributed by atoms with van der Waals surface area (Å²) in [6.07, 6.45) is 0.598. The van der Waals surface area contributed by atoms with Crippen LogP contribution in [-0.2, 0) is 14.3 Å². The lowest BCUT2D eigenvalue weighted by molar-refractivity contribution is -0.135. The molecule has 0 aromatic carbocycles. The molecule has 2 amide bonds. The van der Waals surface area contributed by atoms with Crippen molar-refractivity contribution in [3.05, 3.63) is 0 Å². The highest BCUT2D eigenvalue weighted by Gasteiger charge is 2.33. The average Bonchev–Trinajstić information content (AvgIpc) is 2.36. The van der Waals surface area contributed by atoms with Crippen LogP contribution in [0, 0.1) is 5.92 Å². The van der Waals surface area contributed by atoms with Gasteiger partial charge < -0.3 is 15.0 Å². The van der Waals surface area contributed by atoms with E-state index in [2.05, 4.69) is 24.1 Å². The number of nitrogens with one attached hydrogen (secondary N) is 1. The first-order valence-corrected chi connectivity index (χ1v) is 8.09. The number of hydrogen-bond donors (Lipinski definition) is 1. The molecule has 0 aromatic heterocycles. The molecule has 0 bridgehead atoms. The summed E-state index contributed by atoms with van der Waals surface area (Å²) in [6.45, 7) is 10.1. The average molecular weight is 313 g/mol. The maximum atomic E-state index is 12.5. The lowest BCUT2D eigenvalue weighted by Gasteiger charge is -2.41. The Morgan fingerprint density at radius 2 is 1.77 bits per heavy atom. The first-order valence-electron chi connectivity index (χ1n) is 8.09. The molecule has 6 heteroatoms. The minimum atomic E-state index is -0.178. The monoisotopic (exact) mass is 313 g/mol. The SMILES string of the molecule is CC1CN(C(C(=O)NCCC(=O)N(C)C)C(C)C)CC(C)O1. The van der Waals surface area contributed by atoms with Crippen LogP contribution >= 0.6 is 0 Å². The summed E-state index contributed by atoms with van der Waals surface area (Å²) in [5.41, 5.74) is 0. The summed E-state index contributed by atoms with van der Waals surface area (Å²) in [5, 5.41) is 2.91. The van der Waals surface area contributed by atoms with Crippen LogP contribution < -0.4 is 5.32 Å². The molecule has 1 aliphatic rings. The molecule has 1 N–H and O–H groups in total. The smallest absolute Gasteiger partial charge is 0.237 e. The van der Waals surface area contributed by atoms with Gasteiger partial charge in [0, 0.05) is 40.2 Å². The van der Waals surface area contributed by atoms with Gasteiger partial charge >= 0.3 is 0 Å². The van der Waals surface area contributed by atoms with E-state index in [0.29, 0.717) is 13.0 Å². The highest BCUT2D eigenvalue weighted by molar-refractivity contribution is 5.83. The summed E-state index contributed by atoms with van der Waals surface area (Å²) in [7, 11) is 3.44. The molecule has 3 atom stereocenters. The first-order chi connectivity index (χ1) is 10.2. The van der Waals surface area contributed by atoms with Gasteiger partial charge in [-0.3, -0.25) is 14.5 Å². The third kappa shape index (κ3) is 5.57. The fraction of sp³-hybridized carbons (Fsp3) is 0.875. The van der Waals surface area contributed by atoms with Crippen molar-refractivity contribution in [2.24, 2.45) is 5.92 Å². The molecule has 1 aliphatic heterocycles. The predicted octanol–water partition coefficient (Wildman–Crippen LogP) is 0.715. The van der Waals surface area contributed by atoms with Gasteiger partial charge in [0.2, 0.25) is 11.8 Å². The lowest BCUT2D eigenvalue weighted by atomic mass is 9.99. The van der Waals surface area contributed by atoms with E-state index in [4.69, 9.17) is 4.74 Å². The quantitative estimate of drug-likeness (QED) is 0.785. The highest BCUT2D eigenvalue weighted by atomic mass is 16.5. The Labute approximate surface area is 134 Å². The number of ether oxygens (including phenoxy) is 1. The first kappa shape index (κ1) is 18.9. The highest BCUT2D eigenvalue weighted by Crippen LogP contribution is 2.18. The van der Waals surface area contributed by atoms with Crippen LogP contribution in [0.1, 0.15) is 34.1 Å². The second kappa shape index (κ2) is 8.48. The van der Waals surface area contributed by atoms with E-state index >= 15 is 0 Å². The minimum absolute atomic E-state index is 0.00264. The molecule has 0 aliphatic carbocycles. The molecule has 0 saturated carbocycles. The van der Waals surface area contributed by atoms with Gasteiger partial charge in [-0.15, -0.1) is 0 Å². The van der Waals surface area contributed by atoms with Crippen molar-refractivity contribution in [3.8, 4) is 0 Å². The fourth-order valence-electron chi connectivity index (χ4n) is 2.96. The Bertz CT molecular complexity index is 375. The number of nitrogens with zero attached hydrogens (tertiary/aromatic N) is 2. The summed E-state index contributed by atoms with van der Waals surface area (Å²) in [4.78, 5) is 27.8. The number of carbonyl (C=O) groups excluding carboxylic acids is 2. The van der Waals surface area contributed by atoms with Crippen molar-refractivity contribution in [1.29, 1.82) is 0 Å². The molecular weight excluding hydrogens is 282 g/mol. The molecule has 22 heavy (non-hydrogen) atoms. The van der Waals surface area contributed by atoms with E-state index in [1.165, 1.54) is 4.90 Å². The molecule has 1 heterocycles. The second-order valence-electron chi connectivity index (χ2n) is 6.73. The molecule has 3 unspecified atom stereocenters. The van der Waals surface area contributed by atoms with E-state index < -0.39 is 0 Å². The number of amides is 2. The molecule has 128 valence electrons. The zero-order chi connectivity index (χ0) is 16.9. The zero-order valence-corrected chi connectivity index (χ0v) is 14.8. The maximum absolute atomic E-state index is 12.5. The van der Waals surface area contributed by atoms with Crippen molar-refractivity contribution in [2.75, 3.05) is 33.7 Å². The van der Waals surface area contributed by atoms with E-state index in [1.807, 2.05) is 13.8 Å². The van der Waals surface area contributed by atoms with Crippen LogP contribution in [0.2, 0.25) is 0 Å². The molecule has 6 nitrogen and oxygen atoms in total.